The number of nitrogens with two attached hydrogens (primary N) is 1. The largest absolute Gasteiger partial charge is 0.330 e. The van der Waals surface area contributed by atoms with Crippen LogP contribution < -0.4 is 11.1 Å². The number of amides is 2. The van der Waals surface area contributed by atoms with Crippen molar-refractivity contribution in [3.05, 3.63) is 0 Å². The van der Waals surface area contributed by atoms with Gasteiger partial charge in [0.15, 0.2) is 0 Å². The topological polar surface area (TPSA) is 75.4 Å². The molecule has 0 radical (unpaired) electrons. The first kappa shape index (κ1) is 11.1. The second-order valence-corrected chi connectivity index (χ2v) is 3.52. The summed E-state index contributed by atoms with van der Waals surface area (Å²) in [6, 6.07) is 0.245. The molecule has 5 heteroatoms. The lowest BCUT2D eigenvalue weighted by molar-refractivity contribution is -0.137. The van der Waals surface area contributed by atoms with Crippen molar-refractivity contribution < 1.29 is 9.59 Å². The van der Waals surface area contributed by atoms with Crippen molar-refractivity contribution in [1.29, 1.82) is 0 Å². The van der Waals surface area contributed by atoms with Crippen LogP contribution in [-0.2, 0) is 9.59 Å². The van der Waals surface area contributed by atoms with Crippen molar-refractivity contribution in [3.63, 3.8) is 0 Å². The molecule has 0 aliphatic carbocycles. The molecule has 1 fully saturated rings. The predicted octanol–water partition coefficient (Wildman–Crippen LogP) is -0.928. The van der Waals surface area contributed by atoms with Gasteiger partial charge in [-0.1, -0.05) is 6.92 Å². The van der Waals surface area contributed by atoms with Crippen LogP contribution in [0.5, 0.6) is 0 Å². The first-order valence-electron chi connectivity index (χ1n) is 4.94. The Hall–Kier alpha value is -0.940. The minimum absolute atomic E-state index is 0.211. The molecule has 1 heterocycles. The average Bonchev–Trinajstić information content (AvgIpc) is 2.12. The van der Waals surface area contributed by atoms with E-state index in [0.29, 0.717) is 19.6 Å². The van der Waals surface area contributed by atoms with E-state index in [1.54, 1.807) is 0 Å². The smallest absolute Gasteiger partial charge is 0.240 e. The molecule has 3 N–H and O–H groups in total. The van der Waals surface area contributed by atoms with Gasteiger partial charge in [-0.2, -0.15) is 0 Å². The Bertz CT molecular complexity index is 214. The van der Waals surface area contributed by atoms with E-state index in [1.165, 1.54) is 0 Å². The van der Waals surface area contributed by atoms with E-state index in [2.05, 4.69) is 5.32 Å². The molecule has 1 saturated heterocycles. The molecule has 0 aromatic heterocycles. The molecular formula is C9H17N3O2. The van der Waals surface area contributed by atoms with E-state index in [1.807, 2.05) is 11.8 Å². The molecule has 0 spiro atoms. The fraction of sp³-hybridized carbons (Fsp3) is 0.778. The Morgan fingerprint density at radius 1 is 1.43 bits per heavy atom. The highest BCUT2D eigenvalue weighted by Crippen LogP contribution is 2.09. The number of nitrogens with zero attached hydrogens (tertiary/aromatic N) is 1. The molecular weight excluding hydrogens is 182 g/mol. The van der Waals surface area contributed by atoms with Crippen molar-refractivity contribution in [2.45, 2.75) is 25.8 Å². The highest BCUT2D eigenvalue weighted by atomic mass is 16.2. The number of nitrogens with one attached hydrogen (secondary N) is 1. The summed E-state index contributed by atoms with van der Waals surface area (Å²) in [7, 11) is 0. The molecule has 2 amide bonds. The zero-order valence-corrected chi connectivity index (χ0v) is 8.45. The third-order valence-corrected chi connectivity index (χ3v) is 2.46. The van der Waals surface area contributed by atoms with Gasteiger partial charge in [-0.15, -0.1) is 0 Å². The fourth-order valence-electron chi connectivity index (χ4n) is 1.75. The SMILES string of the molecule is CCC(CCN)N1CC(=O)NC(=O)C1. The van der Waals surface area contributed by atoms with Gasteiger partial charge in [-0.3, -0.25) is 19.8 Å². The van der Waals surface area contributed by atoms with Crippen LogP contribution in [0.15, 0.2) is 0 Å². The van der Waals surface area contributed by atoms with E-state index >= 15 is 0 Å². The lowest BCUT2D eigenvalue weighted by Gasteiger charge is -2.32. The summed E-state index contributed by atoms with van der Waals surface area (Å²) < 4.78 is 0. The summed E-state index contributed by atoms with van der Waals surface area (Å²) in [6.45, 7) is 3.25. The summed E-state index contributed by atoms with van der Waals surface area (Å²) in [4.78, 5) is 24.1. The second kappa shape index (κ2) is 5.07. The van der Waals surface area contributed by atoms with E-state index in [-0.39, 0.29) is 17.9 Å². The summed E-state index contributed by atoms with van der Waals surface area (Å²) in [5.74, 6) is -0.423. The first-order chi connectivity index (χ1) is 6.67. The maximum atomic E-state index is 11.1. The number of piperazine rings is 1. The van der Waals surface area contributed by atoms with Gasteiger partial charge in [0, 0.05) is 6.04 Å². The summed E-state index contributed by atoms with van der Waals surface area (Å²) in [5, 5.41) is 2.28. The van der Waals surface area contributed by atoms with Crippen molar-refractivity contribution >= 4 is 11.8 Å². The van der Waals surface area contributed by atoms with Gasteiger partial charge < -0.3 is 5.73 Å². The summed E-state index contributed by atoms with van der Waals surface area (Å²) in [5.41, 5.74) is 5.47. The van der Waals surface area contributed by atoms with E-state index < -0.39 is 0 Å². The number of rotatable bonds is 4. The summed E-state index contributed by atoms with van der Waals surface area (Å²) >= 11 is 0. The summed E-state index contributed by atoms with van der Waals surface area (Å²) in [6.07, 6.45) is 1.74. The van der Waals surface area contributed by atoms with Crippen LogP contribution in [0.3, 0.4) is 0 Å². The lowest BCUT2D eigenvalue weighted by atomic mass is 10.1. The van der Waals surface area contributed by atoms with Gasteiger partial charge in [0.25, 0.3) is 0 Å². The number of carbonyl (C=O) groups is 2. The van der Waals surface area contributed by atoms with Crippen molar-refractivity contribution in [3.8, 4) is 0 Å². The maximum Gasteiger partial charge on any atom is 0.240 e. The van der Waals surface area contributed by atoms with Gasteiger partial charge in [0.1, 0.15) is 0 Å². The molecule has 1 rings (SSSR count). The van der Waals surface area contributed by atoms with Crippen LogP contribution in [0.25, 0.3) is 0 Å². The van der Waals surface area contributed by atoms with E-state index in [0.717, 1.165) is 12.8 Å². The third kappa shape index (κ3) is 2.78. The highest BCUT2D eigenvalue weighted by Gasteiger charge is 2.26. The minimum Gasteiger partial charge on any atom is -0.330 e. The number of imide groups is 1. The lowest BCUT2D eigenvalue weighted by Crippen LogP contribution is -2.54. The zero-order valence-electron chi connectivity index (χ0n) is 8.45. The molecule has 1 unspecified atom stereocenters. The van der Waals surface area contributed by atoms with Crippen molar-refractivity contribution in [2.75, 3.05) is 19.6 Å². The van der Waals surface area contributed by atoms with Crippen LogP contribution in [0, 0.1) is 0 Å². The zero-order chi connectivity index (χ0) is 10.6. The van der Waals surface area contributed by atoms with Crippen LogP contribution in [0.1, 0.15) is 19.8 Å². The third-order valence-electron chi connectivity index (χ3n) is 2.46. The standard InChI is InChI=1S/C9H17N3O2/c1-2-7(3-4-10)12-5-8(13)11-9(14)6-12/h7H,2-6,10H2,1H3,(H,11,13,14). The Balaban J connectivity index is 2.56. The highest BCUT2D eigenvalue weighted by molar-refractivity contribution is 5.99. The molecule has 1 aliphatic heterocycles. The van der Waals surface area contributed by atoms with Crippen LogP contribution in [0.2, 0.25) is 0 Å². The van der Waals surface area contributed by atoms with Crippen molar-refractivity contribution in [2.24, 2.45) is 5.73 Å². The van der Waals surface area contributed by atoms with Gasteiger partial charge >= 0.3 is 0 Å². The molecule has 0 bridgehead atoms. The maximum absolute atomic E-state index is 11.1. The number of hydrogen-bond acceptors (Lipinski definition) is 4. The first-order valence-corrected chi connectivity index (χ1v) is 4.94. The van der Waals surface area contributed by atoms with Crippen LogP contribution in [0.4, 0.5) is 0 Å². The molecule has 0 aromatic carbocycles. The minimum atomic E-state index is -0.211. The quantitative estimate of drug-likeness (QED) is 0.574. The molecule has 0 saturated carbocycles. The van der Waals surface area contributed by atoms with E-state index in [4.69, 9.17) is 5.73 Å². The Morgan fingerprint density at radius 3 is 2.43 bits per heavy atom. The molecule has 5 nitrogen and oxygen atoms in total. The average molecular weight is 199 g/mol. The van der Waals surface area contributed by atoms with Crippen LogP contribution >= 0.6 is 0 Å². The Morgan fingerprint density at radius 2 is 2.00 bits per heavy atom. The molecule has 80 valence electrons. The fourth-order valence-corrected chi connectivity index (χ4v) is 1.75. The Labute approximate surface area is 83.6 Å². The normalized spacial score (nSPS) is 20.7. The predicted molar refractivity (Wildman–Crippen MR) is 52.5 cm³/mol. The van der Waals surface area contributed by atoms with E-state index in [9.17, 15) is 9.59 Å². The van der Waals surface area contributed by atoms with Crippen molar-refractivity contribution in [1.82, 2.24) is 10.2 Å². The number of hydrogen-bond donors (Lipinski definition) is 2. The molecule has 1 atom stereocenters. The van der Waals surface area contributed by atoms with Gasteiger partial charge in [-0.25, -0.2) is 0 Å². The van der Waals surface area contributed by atoms with Gasteiger partial charge in [0.2, 0.25) is 11.8 Å². The Kier molecular flexibility index (Phi) is 4.03. The molecule has 14 heavy (non-hydrogen) atoms. The number of carbonyl (C=O) groups excluding carboxylic acids is 2. The molecule has 1 aliphatic rings. The monoisotopic (exact) mass is 199 g/mol. The van der Waals surface area contributed by atoms with Gasteiger partial charge in [-0.05, 0) is 19.4 Å². The van der Waals surface area contributed by atoms with Gasteiger partial charge in [0.05, 0.1) is 13.1 Å². The van der Waals surface area contributed by atoms with Crippen LogP contribution in [-0.4, -0.2) is 42.4 Å². The second-order valence-electron chi connectivity index (χ2n) is 3.52. The molecule has 0 aromatic rings.